The van der Waals surface area contributed by atoms with Gasteiger partial charge in [-0.15, -0.1) is 0 Å². The molecule has 7 heteroatoms. The minimum Gasteiger partial charge on any atom is -0.322 e. The minimum absolute atomic E-state index is 0.0281. The number of hydrogen-bond donors (Lipinski definition) is 3. The maximum atomic E-state index is 5.95. The van der Waals surface area contributed by atoms with E-state index in [1.165, 1.54) is 0 Å². The van der Waals surface area contributed by atoms with Crippen molar-refractivity contribution in [1.82, 2.24) is 0 Å². The van der Waals surface area contributed by atoms with E-state index in [-0.39, 0.29) is 18.8 Å². The number of rotatable bonds is 1. The summed E-state index contributed by atoms with van der Waals surface area (Å²) in [7, 11) is 0. The first-order chi connectivity index (χ1) is 8.47. The van der Waals surface area contributed by atoms with Crippen LogP contribution in [0.15, 0.2) is 0 Å². The van der Waals surface area contributed by atoms with Crippen LogP contribution in [0, 0.1) is 5.92 Å². The van der Waals surface area contributed by atoms with Crippen LogP contribution in [-0.2, 0) is 19.0 Å². The maximum Gasteiger partial charge on any atom is 0.321 e. The summed E-state index contributed by atoms with van der Waals surface area (Å²) in [4.78, 5) is 5.12. The molecule has 3 fully saturated rings. The Morgan fingerprint density at radius 2 is 1.94 bits per heavy atom. The van der Waals surface area contributed by atoms with E-state index < -0.39 is 17.7 Å². The van der Waals surface area contributed by atoms with Gasteiger partial charge in [-0.25, -0.2) is 5.90 Å². The number of fused-ring (bicyclic) bond motifs is 1. The van der Waals surface area contributed by atoms with Gasteiger partial charge in [0.25, 0.3) is 0 Å². The molecule has 0 aromatic rings. The molecule has 1 aliphatic carbocycles. The second-order valence-electron chi connectivity index (χ2n) is 5.78. The lowest BCUT2D eigenvalue weighted by Gasteiger charge is -2.28. The van der Waals surface area contributed by atoms with E-state index in [0.717, 1.165) is 19.3 Å². The number of hydrogen-bond acceptors (Lipinski definition) is 6. The number of ether oxygens (including phenoxy) is 3. The fourth-order valence-electron chi connectivity index (χ4n) is 3.16. The van der Waals surface area contributed by atoms with Crippen LogP contribution < -0.4 is 17.4 Å². The molecule has 2 aliphatic heterocycles. The monoisotopic (exact) mass is 260 g/mol. The zero-order valence-electron chi connectivity index (χ0n) is 10.6. The molecule has 2 heterocycles. The first kappa shape index (κ1) is 12.7. The molecule has 7 nitrogen and oxygen atoms in total. The van der Waals surface area contributed by atoms with Crippen LogP contribution in [0.25, 0.3) is 0 Å². The normalized spacial score (nSPS) is 50.7. The van der Waals surface area contributed by atoms with E-state index >= 15 is 0 Å². The summed E-state index contributed by atoms with van der Waals surface area (Å²) >= 11 is 0. The Labute approximate surface area is 106 Å². The topological polar surface area (TPSA) is 117 Å². The standard InChI is InChI=1S/C11H22N3O4/c1-6-2-3-7-8(4-6)17-11(16-7)9(18-14)10(12,13)5-15-11/h6-9H,2-5,12-13H2,1,14H3/q+1. The molecule has 3 rings (SSSR count). The molecule has 0 aromatic heterocycles. The van der Waals surface area contributed by atoms with Crippen LogP contribution in [0.5, 0.6) is 0 Å². The molecule has 1 saturated carbocycles. The van der Waals surface area contributed by atoms with Crippen LogP contribution in [0.4, 0.5) is 0 Å². The molecule has 7 N–H and O–H groups in total. The molecular weight excluding hydrogens is 238 g/mol. The van der Waals surface area contributed by atoms with Crippen LogP contribution in [-0.4, -0.2) is 36.6 Å². The van der Waals surface area contributed by atoms with Crippen molar-refractivity contribution in [2.45, 2.75) is 56.1 Å². The van der Waals surface area contributed by atoms with E-state index in [4.69, 9.17) is 30.5 Å². The van der Waals surface area contributed by atoms with Crippen molar-refractivity contribution in [3.63, 3.8) is 0 Å². The lowest BCUT2D eigenvalue weighted by atomic mass is 9.87. The summed E-state index contributed by atoms with van der Waals surface area (Å²) in [6.45, 7) is 2.34. The fraction of sp³-hybridized carbons (Fsp3) is 1.00. The third-order valence-electron chi connectivity index (χ3n) is 4.12. The second kappa shape index (κ2) is 4.11. The first-order valence-corrected chi connectivity index (χ1v) is 6.45. The highest BCUT2D eigenvalue weighted by atomic mass is 16.9. The lowest BCUT2D eigenvalue weighted by molar-refractivity contribution is -0.716. The highest BCUT2D eigenvalue weighted by Gasteiger charge is 2.66. The molecule has 104 valence electrons. The third kappa shape index (κ3) is 1.78. The summed E-state index contributed by atoms with van der Waals surface area (Å²) in [5.41, 5.74) is 10.7. The molecule has 2 saturated heterocycles. The van der Waals surface area contributed by atoms with E-state index in [0.29, 0.717) is 5.92 Å². The van der Waals surface area contributed by atoms with Crippen molar-refractivity contribution in [3.05, 3.63) is 0 Å². The Bertz CT molecular complexity index is 340. The molecule has 0 bridgehead atoms. The van der Waals surface area contributed by atoms with Gasteiger partial charge in [0.05, 0.1) is 18.8 Å². The van der Waals surface area contributed by atoms with Gasteiger partial charge in [0.2, 0.25) is 6.10 Å². The third-order valence-corrected chi connectivity index (χ3v) is 4.12. The summed E-state index contributed by atoms with van der Waals surface area (Å²) in [5, 5.41) is 0. The van der Waals surface area contributed by atoms with Gasteiger partial charge in [-0.1, -0.05) is 6.92 Å². The predicted octanol–water partition coefficient (Wildman–Crippen LogP) is -1.57. The van der Waals surface area contributed by atoms with Crippen molar-refractivity contribution in [2.24, 2.45) is 17.4 Å². The van der Waals surface area contributed by atoms with Gasteiger partial charge in [0, 0.05) is 0 Å². The fourth-order valence-corrected chi connectivity index (χ4v) is 3.16. The first-order valence-electron chi connectivity index (χ1n) is 6.45. The average molecular weight is 260 g/mol. The molecule has 5 atom stereocenters. The van der Waals surface area contributed by atoms with Crippen molar-refractivity contribution in [3.8, 4) is 0 Å². The molecular formula is C11H22N3O4+. The summed E-state index contributed by atoms with van der Waals surface area (Å²) in [6, 6.07) is 0. The second-order valence-corrected chi connectivity index (χ2v) is 5.78. The summed E-state index contributed by atoms with van der Waals surface area (Å²) < 4.78 is 17.5. The molecule has 18 heavy (non-hydrogen) atoms. The Kier molecular flexibility index (Phi) is 2.91. The van der Waals surface area contributed by atoms with E-state index in [9.17, 15) is 0 Å². The summed E-state index contributed by atoms with van der Waals surface area (Å²) in [5.74, 6) is 2.77. The van der Waals surface area contributed by atoms with Gasteiger partial charge in [-0.3, -0.25) is 0 Å². The Morgan fingerprint density at radius 1 is 1.22 bits per heavy atom. The predicted molar refractivity (Wildman–Crippen MR) is 60.3 cm³/mol. The van der Waals surface area contributed by atoms with Gasteiger partial charge in [-0.2, -0.15) is 4.84 Å². The molecule has 0 aromatic carbocycles. The molecule has 3 aliphatic rings. The van der Waals surface area contributed by atoms with Gasteiger partial charge in [0.15, 0.2) is 0 Å². The highest BCUT2D eigenvalue weighted by Crippen LogP contribution is 2.45. The minimum atomic E-state index is -1.27. The lowest BCUT2D eigenvalue weighted by Crippen LogP contribution is -2.70. The molecule has 5 unspecified atom stereocenters. The molecule has 1 spiro atoms. The maximum absolute atomic E-state index is 5.95. The Balaban J connectivity index is 1.81. The average Bonchev–Trinajstić information content (AvgIpc) is 2.76. The molecule has 0 amide bonds. The van der Waals surface area contributed by atoms with Crippen molar-refractivity contribution in [2.75, 3.05) is 6.61 Å². The quantitative estimate of drug-likeness (QED) is 0.387. The van der Waals surface area contributed by atoms with E-state index in [2.05, 4.69) is 12.8 Å². The Hall–Kier alpha value is -0.280. The van der Waals surface area contributed by atoms with Gasteiger partial charge in [-0.05, 0) is 25.2 Å². The van der Waals surface area contributed by atoms with Crippen molar-refractivity contribution in [1.29, 1.82) is 0 Å². The van der Waals surface area contributed by atoms with Crippen molar-refractivity contribution < 1.29 is 24.9 Å². The van der Waals surface area contributed by atoms with Crippen LogP contribution in [0.3, 0.4) is 0 Å². The van der Waals surface area contributed by atoms with Gasteiger partial charge < -0.3 is 25.7 Å². The zero-order chi connectivity index (χ0) is 13.0. The smallest absolute Gasteiger partial charge is 0.321 e. The van der Waals surface area contributed by atoms with Crippen LogP contribution in [0.1, 0.15) is 26.2 Å². The van der Waals surface area contributed by atoms with E-state index in [1.807, 2.05) is 0 Å². The zero-order valence-corrected chi connectivity index (χ0v) is 10.6. The van der Waals surface area contributed by atoms with Gasteiger partial charge >= 0.3 is 5.97 Å². The molecule has 0 radical (unpaired) electrons. The largest absolute Gasteiger partial charge is 0.322 e. The number of nitrogens with two attached hydrogens (primary N) is 2. The Morgan fingerprint density at radius 3 is 2.67 bits per heavy atom. The van der Waals surface area contributed by atoms with Gasteiger partial charge in [0.1, 0.15) is 5.66 Å². The SMILES string of the molecule is CC1CCC2OC3(OCC(N)(N)C3O[NH3+])OC2C1. The number of quaternary nitrogens is 1. The summed E-state index contributed by atoms with van der Waals surface area (Å²) in [6.07, 6.45) is 2.40. The van der Waals surface area contributed by atoms with Crippen LogP contribution in [0.2, 0.25) is 0 Å². The van der Waals surface area contributed by atoms with Crippen molar-refractivity contribution >= 4 is 0 Å². The highest BCUT2D eigenvalue weighted by molar-refractivity contribution is 5.02. The van der Waals surface area contributed by atoms with Crippen LogP contribution >= 0.6 is 0 Å². The van der Waals surface area contributed by atoms with E-state index in [1.54, 1.807) is 0 Å².